The van der Waals surface area contributed by atoms with E-state index in [9.17, 15) is 4.39 Å². The van der Waals surface area contributed by atoms with E-state index in [1.54, 1.807) is 18.2 Å². The highest BCUT2D eigenvalue weighted by Crippen LogP contribution is 2.36. The minimum atomic E-state index is -0.313. The van der Waals surface area contributed by atoms with Gasteiger partial charge in [-0.2, -0.15) is 0 Å². The lowest BCUT2D eigenvalue weighted by molar-refractivity contribution is 0.454. The van der Waals surface area contributed by atoms with E-state index in [-0.39, 0.29) is 22.8 Å². The van der Waals surface area contributed by atoms with Crippen molar-refractivity contribution >= 4 is 11.6 Å². The van der Waals surface area contributed by atoms with Crippen LogP contribution in [0.15, 0.2) is 42.5 Å². The molecular weight excluding hydrogens is 261 g/mol. The van der Waals surface area contributed by atoms with Crippen molar-refractivity contribution in [2.24, 2.45) is 11.7 Å². The summed E-state index contributed by atoms with van der Waals surface area (Å²) in [6.07, 6.45) is 1.53. The molecule has 19 heavy (non-hydrogen) atoms. The van der Waals surface area contributed by atoms with Gasteiger partial charge in [-0.1, -0.05) is 48.0 Å². The Morgan fingerprint density at radius 3 is 2.74 bits per heavy atom. The molecule has 0 fully saturated rings. The van der Waals surface area contributed by atoms with E-state index in [2.05, 4.69) is 12.1 Å². The molecule has 0 bridgehead atoms. The van der Waals surface area contributed by atoms with Crippen molar-refractivity contribution in [1.82, 2.24) is 0 Å². The van der Waals surface area contributed by atoms with Crippen LogP contribution >= 0.6 is 11.6 Å². The Hall–Kier alpha value is -1.38. The maximum atomic E-state index is 13.9. The summed E-state index contributed by atoms with van der Waals surface area (Å²) in [5.41, 5.74) is 9.39. The van der Waals surface area contributed by atoms with Gasteiger partial charge in [0.1, 0.15) is 5.82 Å². The van der Waals surface area contributed by atoms with E-state index in [1.807, 2.05) is 12.1 Å². The van der Waals surface area contributed by atoms with Gasteiger partial charge in [0, 0.05) is 6.04 Å². The lowest BCUT2D eigenvalue weighted by atomic mass is 9.93. The molecule has 0 heterocycles. The maximum Gasteiger partial charge on any atom is 0.144 e. The molecule has 1 aliphatic rings. The second kappa shape index (κ2) is 4.95. The predicted octanol–water partition coefficient (Wildman–Crippen LogP) is 3.89. The molecule has 0 spiro atoms. The molecule has 2 N–H and O–H groups in total. The van der Waals surface area contributed by atoms with Crippen molar-refractivity contribution in [3.8, 4) is 0 Å². The number of hydrogen-bond donors (Lipinski definition) is 1. The first-order valence-electron chi connectivity index (χ1n) is 6.43. The summed E-state index contributed by atoms with van der Waals surface area (Å²) in [5.74, 6) is -0.0716. The Kier molecular flexibility index (Phi) is 3.29. The van der Waals surface area contributed by atoms with Crippen molar-refractivity contribution < 1.29 is 4.39 Å². The minimum Gasteiger partial charge on any atom is -0.324 e. The third kappa shape index (κ3) is 2.26. The van der Waals surface area contributed by atoms with Crippen LogP contribution in [0.25, 0.3) is 0 Å². The van der Waals surface area contributed by atoms with Crippen LogP contribution in [0.1, 0.15) is 22.7 Å². The standard InChI is InChI=1S/C16H15ClFN/c17-14-7-3-5-11(15(14)18)9-12-8-10-4-1-2-6-13(10)16(12)19/h1-7,12,16H,8-9,19H2. The molecular formula is C16H15ClFN. The van der Waals surface area contributed by atoms with Crippen LogP contribution < -0.4 is 5.73 Å². The second-order valence-corrected chi connectivity index (χ2v) is 5.51. The normalized spacial score (nSPS) is 21.4. The smallest absolute Gasteiger partial charge is 0.144 e. The van der Waals surface area contributed by atoms with E-state index in [0.717, 1.165) is 6.42 Å². The summed E-state index contributed by atoms with van der Waals surface area (Å²) >= 11 is 5.82. The van der Waals surface area contributed by atoms with Crippen molar-refractivity contribution in [1.29, 1.82) is 0 Å². The SMILES string of the molecule is NC1c2ccccc2CC1Cc1cccc(Cl)c1F. The highest BCUT2D eigenvalue weighted by atomic mass is 35.5. The fourth-order valence-electron chi connectivity index (χ4n) is 2.90. The molecule has 0 aliphatic heterocycles. The number of halogens is 2. The zero-order valence-corrected chi connectivity index (χ0v) is 11.2. The first-order valence-corrected chi connectivity index (χ1v) is 6.81. The molecule has 0 aromatic heterocycles. The van der Waals surface area contributed by atoms with E-state index < -0.39 is 0 Å². The molecule has 98 valence electrons. The molecule has 0 radical (unpaired) electrons. The van der Waals surface area contributed by atoms with E-state index in [4.69, 9.17) is 17.3 Å². The van der Waals surface area contributed by atoms with Crippen LogP contribution in [0.5, 0.6) is 0 Å². The maximum absolute atomic E-state index is 13.9. The van der Waals surface area contributed by atoms with Gasteiger partial charge in [-0.05, 0) is 41.5 Å². The van der Waals surface area contributed by atoms with Gasteiger partial charge in [-0.25, -0.2) is 4.39 Å². The summed E-state index contributed by atoms with van der Waals surface area (Å²) in [6, 6.07) is 13.3. The van der Waals surface area contributed by atoms with Gasteiger partial charge in [-0.3, -0.25) is 0 Å². The van der Waals surface area contributed by atoms with Crippen LogP contribution in [0.2, 0.25) is 5.02 Å². The van der Waals surface area contributed by atoms with Gasteiger partial charge >= 0.3 is 0 Å². The van der Waals surface area contributed by atoms with Crippen LogP contribution in [0, 0.1) is 11.7 Å². The van der Waals surface area contributed by atoms with Gasteiger partial charge in [0.25, 0.3) is 0 Å². The van der Waals surface area contributed by atoms with Crippen molar-refractivity contribution in [2.45, 2.75) is 18.9 Å². The van der Waals surface area contributed by atoms with Gasteiger partial charge in [0.15, 0.2) is 0 Å². The molecule has 2 aromatic carbocycles. The van der Waals surface area contributed by atoms with Gasteiger partial charge in [-0.15, -0.1) is 0 Å². The fourth-order valence-corrected chi connectivity index (χ4v) is 3.09. The lowest BCUT2D eigenvalue weighted by Gasteiger charge is -2.16. The number of hydrogen-bond acceptors (Lipinski definition) is 1. The summed E-state index contributed by atoms with van der Waals surface area (Å²) in [6.45, 7) is 0. The summed E-state index contributed by atoms with van der Waals surface area (Å²) in [5, 5.41) is 0.182. The fraction of sp³-hybridized carbons (Fsp3) is 0.250. The second-order valence-electron chi connectivity index (χ2n) is 5.11. The average molecular weight is 276 g/mol. The summed E-state index contributed by atoms with van der Waals surface area (Å²) in [4.78, 5) is 0. The molecule has 3 heteroatoms. The molecule has 0 amide bonds. The zero-order chi connectivity index (χ0) is 13.4. The van der Waals surface area contributed by atoms with Crippen molar-refractivity contribution in [3.05, 3.63) is 70.0 Å². The first kappa shape index (κ1) is 12.6. The topological polar surface area (TPSA) is 26.0 Å². The molecule has 1 nitrogen and oxygen atoms in total. The molecule has 0 saturated carbocycles. The summed E-state index contributed by atoms with van der Waals surface area (Å²) < 4.78 is 13.9. The van der Waals surface area contributed by atoms with Gasteiger partial charge in [0.2, 0.25) is 0 Å². The van der Waals surface area contributed by atoms with Crippen LogP contribution in [0.4, 0.5) is 4.39 Å². The molecule has 2 aromatic rings. The Labute approximate surface area is 117 Å². The van der Waals surface area contributed by atoms with Crippen LogP contribution in [-0.2, 0) is 12.8 Å². The largest absolute Gasteiger partial charge is 0.324 e. The quantitative estimate of drug-likeness (QED) is 0.884. The van der Waals surface area contributed by atoms with Crippen molar-refractivity contribution in [2.75, 3.05) is 0 Å². The number of benzene rings is 2. The third-order valence-corrected chi connectivity index (χ3v) is 4.21. The van der Waals surface area contributed by atoms with Crippen LogP contribution in [-0.4, -0.2) is 0 Å². The Morgan fingerprint density at radius 2 is 1.95 bits per heavy atom. The first-order chi connectivity index (χ1) is 9.16. The van der Waals surface area contributed by atoms with Crippen LogP contribution in [0.3, 0.4) is 0 Å². The Balaban J connectivity index is 1.85. The number of fused-ring (bicyclic) bond motifs is 1. The molecule has 2 atom stereocenters. The highest BCUT2D eigenvalue weighted by molar-refractivity contribution is 6.30. The number of rotatable bonds is 2. The predicted molar refractivity (Wildman–Crippen MR) is 75.7 cm³/mol. The lowest BCUT2D eigenvalue weighted by Crippen LogP contribution is -2.19. The molecule has 0 saturated heterocycles. The molecule has 3 rings (SSSR count). The molecule has 1 aliphatic carbocycles. The number of nitrogens with two attached hydrogens (primary N) is 1. The highest BCUT2D eigenvalue weighted by Gasteiger charge is 2.29. The monoisotopic (exact) mass is 275 g/mol. The Morgan fingerprint density at radius 1 is 1.16 bits per heavy atom. The van der Waals surface area contributed by atoms with E-state index >= 15 is 0 Å². The summed E-state index contributed by atoms with van der Waals surface area (Å²) in [7, 11) is 0. The Bertz CT molecular complexity index is 611. The van der Waals surface area contributed by atoms with E-state index in [0.29, 0.717) is 12.0 Å². The minimum absolute atomic E-state index is 0.0189. The molecule has 2 unspecified atom stereocenters. The van der Waals surface area contributed by atoms with Gasteiger partial charge < -0.3 is 5.73 Å². The van der Waals surface area contributed by atoms with Crippen molar-refractivity contribution in [3.63, 3.8) is 0 Å². The third-order valence-electron chi connectivity index (χ3n) is 3.92. The van der Waals surface area contributed by atoms with Gasteiger partial charge in [0.05, 0.1) is 5.02 Å². The van der Waals surface area contributed by atoms with E-state index in [1.165, 1.54) is 11.1 Å². The average Bonchev–Trinajstić information content (AvgIpc) is 2.73. The zero-order valence-electron chi connectivity index (χ0n) is 10.4.